The third-order valence-electron chi connectivity index (χ3n) is 5.74. The van der Waals surface area contributed by atoms with Crippen molar-refractivity contribution in [3.05, 3.63) is 94.2 Å². The summed E-state index contributed by atoms with van der Waals surface area (Å²) in [6.45, 7) is 4.29. The number of carbonyl (C=O) groups excluding carboxylic acids is 1. The van der Waals surface area contributed by atoms with E-state index in [1.165, 1.54) is 5.56 Å². The van der Waals surface area contributed by atoms with Gasteiger partial charge in [-0.05, 0) is 80.3 Å². The summed E-state index contributed by atoms with van der Waals surface area (Å²) in [6, 6.07) is 23.8. The summed E-state index contributed by atoms with van der Waals surface area (Å²) in [4.78, 5) is 17.2. The number of aryl methyl sites for hydroxylation is 3. The van der Waals surface area contributed by atoms with Crippen LogP contribution in [-0.2, 0) is 13.0 Å². The molecule has 0 fully saturated rings. The molecule has 0 aliphatic heterocycles. The standard InChI is InChI=1S/C28H30BrN3O2/c1-21-8-6-9-24(20-21)34-19-5-4-18-32-26-11-3-2-10-25(26)31-27(32)12-7-17-30-28(33)22-13-15-23(29)16-14-22/h2-3,6,8-11,13-16,20H,4-5,7,12,17-19H2,1H3,(H,30,33). The van der Waals surface area contributed by atoms with Gasteiger partial charge in [0.1, 0.15) is 11.6 Å². The number of rotatable bonds is 11. The van der Waals surface area contributed by atoms with E-state index in [0.717, 1.165) is 59.3 Å². The molecule has 5 nitrogen and oxygen atoms in total. The van der Waals surface area contributed by atoms with Crippen molar-refractivity contribution < 1.29 is 9.53 Å². The number of imidazole rings is 1. The second-order valence-corrected chi connectivity index (χ2v) is 9.32. The lowest BCUT2D eigenvalue weighted by Gasteiger charge is -2.11. The predicted octanol–water partition coefficient (Wildman–Crippen LogP) is 6.33. The number of nitrogens with one attached hydrogen (secondary N) is 1. The van der Waals surface area contributed by atoms with E-state index in [4.69, 9.17) is 9.72 Å². The molecule has 1 amide bonds. The van der Waals surface area contributed by atoms with Crippen molar-refractivity contribution in [2.75, 3.05) is 13.2 Å². The number of ether oxygens (including phenoxy) is 1. The molecule has 0 saturated heterocycles. The topological polar surface area (TPSA) is 56.1 Å². The minimum Gasteiger partial charge on any atom is -0.494 e. The normalized spacial score (nSPS) is 11.0. The second kappa shape index (κ2) is 11.8. The summed E-state index contributed by atoms with van der Waals surface area (Å²) < 4.78 is 9.18. The summed E-state index contributed by atoms with van der Waals surface area (Å²) in [5, 5.41) is 3.01. The molecule has 4 aromatic rings. The van der Waals surface area contributed by atoms with E-state index in [-0.39, 0.29) is 5.91 Å². The Kier molecular flexibility index (Phi) is 8.36. The molecule has 1 heterocycles. The van der Waals surface area contributed by atoms with Crippen LogP contribution in [0.2, 0.25) is 0 Å². The van der Waals surface area contributed by atoms with Gasteiger partial charge in [0.05, 0.1) is 17.6 Å². The molecule has 6 heteroatoms. The quantitative estimate of drug-likeness (QED) is 0.235. The number of para-hydroxylation sites is 2. The number of carbonyl (C=O) groups is 1. The number of hydrogen-bond donors (Lipinski definition) is 1. The van der Waals surface area contributed by atoms with Crippen LogP contribution in [0.4, 0.5) is 0 Å². The Morgan fingerprint density at radius 3 is 2.65 bits per heavy atom. The number of nitrogens with zero attached hydrogens (tertiary/aromatic N) is 2. The fourth-order valence-electron chi connectivity index (χ4n) is 3.98. The van der Waals surface area contributed by atoms with E-state index in [1.54, 1.807) is 0 Å². The molecule has 4 rings (SSSR count). The van der Waals surface area contributed by atoms with Gasteiger partial charge in [0.2, 0.25) is 0 Å². The Morgan fingerprint density at radius 1 is 1.00 bits per heavy atom. The van der Waals surface area contributed by atoms with Gasteiger partial charge in [-0.1, -0.05) is 40.2 Å². The fourth-order valence-corrected chi connectivity index (χ4v) is 4.25. The van der Waals surface area contributed by atoms with Gasteiger partial charge in [0.25, 0.3) is 5.91 Å². The summed E-state index contributed by atoms with van der Waals surface area (Å²) in [5.74, 6) is 1.95. The zero-order valence-corrected chi connectivity index (χ0v) is 21.1. The monoisotopic (exact) mass is 519 g/mol. The van der Waals surface area contributed by atoms with Gasteiger partial charge in [-0.3, -0.25) is 4.79 Å². The summed E-state index contributed by atoms with van der Waals surface area (Å²) in [6.07, 6.45) is 3.64. The van der Waals surface area contributed by atoms with E-state index in [0.29, 0.717) is 18.7 Å². The lowest BCUT2D eigenvalue weighted by molar-refractivity contribution is 0.0953. The Balaban J connectivity index is 1.29. The Morgan fingerprint density at radius 2 is 1.82 bits per heavy atom. The molecular formula is C28H30BrN3O2. The zero-order valence-electron chi connectivity index (χ0n) is 19.5. The van der Waals surface area contributed by atoms with Crippen LogP contribution < -0.4 is 10.1 Å². The van der Waals surface area contributed by atoms with E-state index < -0.39 is 0 Å². The third kappa shape index (κ3) is 6.48. The molecule has 0 unspecified atom stereocenters. The lowest BCUT2D eigenvalue weighted by Crippen LogP contribution is -2.25. The van der Waals surface area contributed by atoms with Crippen LogP contribution in [0.3, 0.4) is 0 Å². The minimum atomic E-state index is -0.0467. The number of unbranched alkanes of at least 4 members (excludes halogenated alkanes) is 1. The molecule has 0 radical (unpaired) electrons. The summed E-state index contributed by atoms with van der Waals surface area (Å²) in [5.41, 5.74) is 4.06. The highest BCUT2D eigenvalue weighted by molar-refractivity contribution is 9.10. The van der Waals surface area contributed by atoms with Gasteiger partial charge in [-0.2, -0.15) is 0 Å². The van der Waals surface area contributed by atoms with Crippen LogP contribution in [0.1, 0.15) is 41.0 Å². The van der Waals surface area contributed by atoms with Gasteiger partial charge < -0.3 is 14.6 Å². The molecule has 0 atom stereocenters. The average Bonchev–Trinajstić information content (AvgIpc) is 3.19. The van der Waals surface area contributed by atoms with Gasteiger partial charge in [0, 0.05) is 29.5 Å². The Hall–Kier alpha value is -3.12. The third-order valence-corrected chi connectivity index (χ3v) is 6.27. The van der Waals surface area contributed by atoms with Crippen LogP contribution in [0.25, 0.3) is 11.0 Å². The number of halogens is 1. The number of aromatic nitrogens is 2. The maximum atomic E-state index is 12.3. The highest BCUT2D eigenvalue weighted by atomic mass is 79.9. The van der Waals surface area contributed by atoms with Crippen LogP contribution in [0.15, 0.2) is 77.3 Å². The van der Waals surface area contributed by atoms with Crippen LogP contribution in [-0.4, -0.2) is 28.6 Å². The number of hydrogen-bond acceptors (Lipinski definition) is 3. The number of benzene rings is 3. The average molecular weight is 520 g/mol. The molecule has 3 aromatic carbocycles. The molecule has 0 aliphatic carbocycles. The lowest BCUT2D eigenvalue weighted by atomic mass is 10.2. The SMILES string of the molecule is Cc1cccc(OCCCCn2c(CCCNC(=O)c3ccc(Br)cc3)nc3ccccc32)c1. The first-order valence-electron chi connectivity index (χ1n) is 11.8. The van der Waals surface area contributed by atoms with Crippen molar-refractivity contribution in [2.24, 2.45) is 0 Å². The van der Waals surface area contributed by atoms with Crippen molar-refractivity contribution >= 4 is 32.9 Å². The molecule has 1 aromatic heterocycles. The van der Waals surface area contributed by atoms with Gasteiger partial charge >= 0.3 is 0 Å². The van der Waals surface area contributed by atoms with Crippen molar-refractivity contribution in [3.8, 4) is 5.75 Å². The van der Waals surface area contributed by atoms with Gasteiger partial charge in [-0.25, -0.2) is 4.98 Å². The number of amides is 1. The van der Waals surface area contributed by atoms with Gasteiger partial charge in [-0.15, -0.1) is 0 Å². The smallest absolute Gasteiger partial charge is 0.251 e. The predicted molar refractivity (Wildman–Crippen MR) is 140 cm³/mol. The van der Waals surface area contributed by atoms with Crippen molar-refractivity contribution in [3.63, 3.8) is 0 Å². The van der Waals surface area contributed by atoms with Crippen molar-refractivity contribution in [2.45, 2.75) is 39.2 Å². The molecule has 0 aliphatic rings. The first-order valence-corrected chi connectivity index (χ1v) is 12.6. The van der Waals surface area contributed by atoms with E-state index in [9.17, 15) is 4.79 Å². The van der Waals surface area contributed by atoms with Crippen LogP contribution >= 0.6 is 15.9 Å². The molecule has 0 spiro atoms. The second-order valence-electron chi connectivity index (χ2n) is 8.41. The van der Waals surface area contributed by atoms with Crippen LogP contribution in [0.5, 0.6) is 5.75 Å². The Labute approximate surface area is 209 Å². The highest BCUT2D eigenvalue weighted by Crippen LogP contribution is 2.19. The van der Waals surface area contributed by atoms with Gasteiger partial charge in [0.15, 0.2) is 0 Å². The molecule has 176 valence electrons. The van der Waals surface area contributed by atoms with E-state index in [2.05, 4.69) is 63.1 Å². The summed E-state index contributed by atoms with van der Waals surface area (Å²) >= 11 is 3.40. The minimum absolute atomic E-state index is 0.0467. The zero-order chi connectivity index (χ0) is 23.8. The molecular weight excluding hydrogens is 490 g/mol. The fraction of sp³-hybridized carbons (Fsp3) is 0.286. The maximum absolute atomic E-state index is 12.3. The molecule has 0 saturated carbocycles. The molecule has 34 heavy (non-hydrogen) atoms. The van der Waals surface area contributed by atoms with Crippen LogP contribution in [0, 0.1) is 6.92 Å². The number of fused-ring (bicyclic) bond motifs is 1. The summed E-state index contributed by atoms with van der Waals surface area (Å²) in [7, 11) is 0. The molecule has 0 bridgehead atoms. The largest absolute Gasteiger partial charge is 0.494 e. The first kappa shape index (κ1) is 24.0. The van der Waals surface area contributed by atoms with Crippen molar-refractivity contribution in [1.82, 2.24) is 14.9 Å². The molecule has 1 N–H and O–H groups in total. The van der Waals surface area contributed by atoms with Crippen molar-refractivity contribution in [1.29, 1.82) is 0 Å². The first-order chi connectivity index (χ1) is 16.6. The van der Waals surface area contributed by atoms with E-state index in [1.807, 2.05) is 42.5 Å². The van der Waals surface area contributed by atoms with E-state index >= 15 is 0 Å². The maximum Gasteiger partial charge on any atom is 0.251 e. The Bertz CT molecular complexity index is 1230. The highest BCUT2D eigenvalue weighted by Gasteiger charge is 2.11.